The highest BCUT2D eigenvalue weighted by Gasteiger charge is 2.49. The van der Waals surface area contributed by atoms with Gasteiger partial charge in [0.05, 0.1) is 12.7 Å². The highest BCUT2D eigenvalue weighted by Crippen LogP contribution is 2.50. The van der Waals surface area contributed by atoms with Crippen LogP contribution in [0.5, 0.6) is 0 Å². The number of hydrogen-bond acceptors (Lipinski definition) is 5. The van der Waals surface area contributed by atoms with Crippen LogP contribution in [0.15, 0.2) is 23.8 Å². The first-order valence-electron chi connectivity index (χ1n) is 8.02. The Hall–Kier alpha value is -1.62. The van der Waals surface area contributed by atoms with Crippen molar-refractivity contribution >= 4 is 11.9 Å². The number of carbonyl (C=O) groups excluding carboxylic acids is 2. The second kappa shape index (κ2) is 6.48. The molecule has 5 atom stereocenters. The highest BCUT2D eigenvalue weighted by molar-refractivity contribution is 5.88. The predicted octanol–water partition coefficient (Wildman–Crippen LogP) is 2.39. The summed E-state index contributed by atoms with van der Waals surface area (Å²) in [4.78, 5) is 23.2. The Morgan fingerprint density at radius 1 is 1.43 bits per heavy atom. The lowest BCUT2D eigenvalue weighted by Crippen LogP contribution is -2.50. The maximum atomic E-state index is 11.9. The van der Waals surface area contributed by atoms with Gasteiger partial charge in [-0.15, -0.1) is 0 Å². The zero-order chi connectivity index (χ0) is 17.4. The number of methoxy groups -OCH3 is 1. The molecule has 0 saturated heterocycles. The van der Waals surface area contributed by atoms with Gasteiger partial charge in [-0.05, 0) is 56.4 Å². The molecule has 0 bridgehead atoms. The number of esters is 2. The van der Waals surface area contributed by atoms with E-state index in [4.69, 9.17) is 9.47 Å². The Morgan fingerprint density at radius 2 is 2.09 bits per heavy atom. The molecule has 2 aliphatic rings. The fraction of sp³-hybridized carbons (Fsp3) is 0.667. The summed E-state index contributed by atoms with van der Waals surface area (Å²) in [7, 11) is 1.35. The van der Waals surface area contributed by atoms with Gasteiger partial charge in [0.25, 0.3) is 0 Å². The van der Waals surface area contributed by atoms with E-state index in [1.807, 2.05) is 19.9 Å². The van der Waals surface area contributed by atoms with Gasteiger partial charge >= 0.3 is 11.9 Å². The van der Waals surface area contributed by atoms with Gasteiger partial charge in [-0.2, -0.15) is 0 Å². The average molecular weight is 322 g/mol. The molecule has 2 rings (SSSR count). The Bertz CT molecular complexity index is 546. The van der Waals surface area contributed by atoms with Crippen LogP contribution in [0.3, 0.4) is 0 Å². The molecule has 0 radical (unpaired) electrons. The molecule has 5 nitrogen and oxygen atoms in total. The molecular formula is C18H26O5. The van der Waals surface area contributed by atoms with Crippen LogP contribution in [0.4, 0.5) is 0 Å². The molecule has 0 aliphatic heterocycles. The van der Waals surface area contributed by atoms with E-state index >= 15 is 0 Å². The lowest BCUT2D eigenvalue weighted by molar-refractivity contribution is -0.149. The smallest absolute Gasteiger partial charge is 0.333 e. The molecular weight excluding hydrogens is 296 g/mol. The van der Waals surface area contributed by atoms with Crippen LogP contribution in [0, 0.1) is 17.8 Å². The van der Waals surface area contributed by atoms with E-state index in [2.05, 4.69) is 6.58 Å². The van der Waals surface area contributed by atoms with Crippen molar-refractivity contribution in [2.24, 2.45) is 17.8 Å². The first-order chi connectivity index (χ1) is 10.7. The first kappa shape index (κ1) is 17.7. The minimum absolute atomic E-state index is 0.00263. The Kier molecular flexibility index (Phi) is 4.99. The summed E-state index contributed by atoms with van der Waals surface area (Å²) in [6.45, 7) is 9.04. The van der Waals surface area contributed by atoms with Crippen LogP contribution < -0.4 is 0 Å². The zero-order valence-electron chi connectivity index (χ0n) is 14.3. The van der Waals surface area contributed by atoms with Crippen molar-refractivity contribution in [3.05, 3.63) is 23.8 Å². The monoisotopic (exact) mass is 322 g/mol. The number of fused-ring (bicyclic) bond motifs is 1. The van der Waals surface area contributed by atoms with Crippen molar-refractivity contribution in [2.45, 2.75) is 51.7 Å². The van der Waals surface area contributed by atoms with Crippen LogP contribution >= 0.6 is 0 Å². The summed E-state index contributed by atoms with van der Waals surface area (Å²) in [5.74, 6) is -0.871. The average Bonchev–Trinajstić information content (AvgIpc) is 2.47. The van der Waals surface area contributed by atoms with E-state index in [1.54, 1.807) is 0 Å². The molecule has 1 saturated carbocycles. The normalized spacial score (nSPS) is 36.5. The summed E-state index contributed by atoms with van der Waals surface area (Å²) in [5, 5.41) is 10.8. The van der Waals surface area contributed by atoms with E-state index in [9.17, 15) is 14.7 Å². The van der Waals surface area contributed by atoms with Gasteiger partial charge in [-0.25, -0.2) is 4.79 Å². The number of allylic oxidation sites excluding steroid dienone is 1. The molecule has 2 aliphatic carbocycles. The fourth-order valence-electron chi connectivity index (χ4n) is 4.02. The minimum Gasteiger partial charge on any atom is -0.466 e. The molecule has 1 fully saturated rings. The van der Waals surface area contributed by atoms with Crippen LogP contribution in [0.2, 0.25) is 0 Å². The lowest BCUT2D eigenvalue weighted by atomic mass is 9.59. The minimum atomic E-state index is -0.854. The van der Waals surface area contributed by atoms with Crippen LogP contribution in [0.25, 0.3) is 0 Å². The SMILES string of the molecule is C=C(C(=O)OC)C1CCC(C)(O)C2CC(OC(C)=O)C(C)=CC12. The largest absolute Gasteiger partial charge is 0.466 e. The molecule has 0 spiro atoms. The number of aliphatic hydroxyl groups is 1. The van der Waals surface area contributed by atoms with Gasteiger partial charge in [0.1, 0.15) is 6.10 Å². The van der Waals surface area contributed by atoms with Crippen molar-refractivity contribution in [2.75, 3.05) is 7.11 Å². The predicted molar refractivity (Wildman–Crippen MR) is 85.4 cm³/mol. The zero-order valence-corrected chi connectivity index (χ0v) is 14.3. The van der Waals surface area contributed by atoms with Gasteiger partial charge in [0.2, 0.25) is 0 Å². The van der Waals surface area contributed by atoms with E-state index in [1.165, 1.54) is 14.0 Å². The van der Waals surface area contributed by atoms with Crippen LogP contribution in [-0.4, -0.2) is 35.9 Å². The molecule has 0 aromatic heterocycles. The third-order valence-electron chi connectivity index (χ3n) is 5.32. The summed E-state index contributed by atoms with van der Waals surface area (Å²) < 4.78 is 10.2. The van der Waals surface area contributed by atoms with Crippen molar-refractivity contribution in [3.63, 3.8) is 0 Å². The Morgan fingerprint density at radius 3 is 2.65 bits per heavy atom. The molecule has 5 unspecified atom stereocenters. The second-order valence-corrected chi connectivity index (χ2v) is 6.95. The van der Waals surface area contributed by atoms with E-state index < -0.39 is 11.6 Å². The van der Waals surface area contributed by atoms with Crippen molar-refractivity contribution in [1.29, 1.82) is 0 Å². The van der Waals surface area contributed by atoms with Crippen molar-refractivity contribution in [3.8, 4) is 0 Å². The van der Waals surface area contributed by atoms with Gasteiger partial charge in [0, 0.05) is 12.5 Å². The quantitative estimate of drug-likeness (QED) is 0.491. The third kappa shape index (κ3) is 3.50. The lowest BCUT2D eigenvalue weighted by Gasteiger charge is -2.49. The number of ether oxygens (including phenoxy) is 2. The summed E-state index contributed by atoms with van der Waals surface area (Å²) in [6.07, 6.45) is 3.54. The highest BCUT2D eigenvalue weighted by atomic mass is 16.5. The summed E-state index contributed by atoms with van der Waals surface area (Å²) in [6, 6.07) is 0. The maximum absolute atomic E-state index is 11.9. The molecule has 0 heterocycles. The summed E-state index contributed by atoms with van der Waals surface area (Å²) >= 11 is 0. The molecule has 0 aromatic carbocycles. The standard InChI is InChI=1S/C18H26O5/c1-10-8-14-13(11(2)17(20)22-5)6-7-18(4,21)15(14)9-16(10)23-12(3)19/h8,13-16,21H,2,6-7,9H2,1,3-5H3. The molecule has 1 N–H and O–H groups in total. The maximum Gasteiger partial charge on any atom is 0.333 e. The van der Waals surface area contributed by atoms with Gasteiger partial charge in [-0.1, -0.05) is 12.7 Å². The third-order valence-corrected chi connectivity index (χ3v) is 5.32. The van der Waals surface area contributed by atoms with Crippen molar-refractivity contribution in [1.82, 2.24) is 0 Å². The number of carbonyl (C=O) groups is 2. The van der Waals surface area contributed by atoms with Crippen molar-refractivity contribution < 1.29 is 24.2 Å². The second-order valence-electron chi connectivity index (χ2n) is 6.95. The first-order valence-corrected chi connectivity index (χ1v) is 8.02. The number of rotatable bonds is 3. The van der Waals surface area contributed by atoms with Crippen LogP contribution in [0.1, 0.15) is 40.0 Å². The topological polar surface area (TPSA) is 72.8 Å². The molecule has 23 heavy (non-hydrogen) atoms. The fourth-order valence-corrected chi connectivity index (χ4v) is 4.02. The van der Waals surface area contributed by atoms with Gasteiger partial charge in [0.15, 0.2) is 0 Å². The van der Waals surface area contributed by atoms with Crippen LogP contribution in [-0.2, 0) is 19.1 Å². The number of hydrogen-bond donors (Lipinski definition) is 1. The molecule has 5 heteroatoms. The van der Waals surface area contributed by atoms with Gasteiger partial charge in [-0.3, -0.25) is 4.79 Å². The molecule has 0 amide bonds. The summed E-state index contributed by atoms with van der Waals surface area (Å²) in [5.41, 5.74) is 0.558. The van der Waals surface area contributed by atoms with Gasteiger partial charge < -0.3 is 14.6 Å². The van der Waals surface area contributed by atoms with E-state index in [0.29, 0.717) is 24.8 Å². The molecule has 128 valence electrons. The Balaban J connectivity index is 2.33. The molecule has 0 aromatic rings. The van der Waals surface area contributed by atoms with E-state index in [-0.39, 0.29) is 29.8 Å². The van der Waals surface area contributed by atoms with E-state index in [0.717, 1.165) is 5.57 Å². The Labute approximate surface area is 137 Å².